The molecule has 2 aliphatic heterocycles. The van der Waals surface area contributed by atoms with Crippen LogP contribution in [0.1, 0.15) is 6.42 Å². The summed E-state index contributed by atoms with van der Waals surface area (Å²) in [5.74, 6) is -0.673. The molecule has 5 nitrogen and oxygen atoms in total. The Morgan fingerprint density at radius 2 is 2.20 bits per heavy atom. The molecule has 0 saturated carbocycles. The van der Waals surface area contributed by atoms with Crippen molar-refractivity contribution in [1.29, 1.82) is 0 Å². The van der Waals surface area contributed by atoms with Crippen LogP contribution in [0.25, 0.3) is 0 Å². The molecule has 0 aromatic heterocycles. The number of rotatable bonds is 3. The minimum absolute atomic E-state index is 0.0551. The number of amidine groups is 1. The number of benzene rings is 1. The van der Waals surface area contributed by atoms with E-state index in [1.165, 1.54) is 36.0 Å². The van der Waals surface area contributed by atoms with Crippen molar-refractivity contribution in [2.24, 2.45) is 4.99 Å². The second-order valence-corrected chi connectivity index (χ2v) is 5.69. The molecule has 1 atom stereocenters. The maximum absolute atomic E-state index is 12.8. The molecule has 1 N–H and O–H groups in total. The maximum Gasteiger partial charge on any atom is 0.242 e. The Balaban J connectivity index is 1.59. The third-order valence-corrected chi connectivity index (χ3v) is 4.30. The molecular weight excluding hydrogens is 281 g/mol. The van der Waals surface area contributed by atoms with Gasteiger partial charge in [-0.2, -0.15) is 0 Å². The number of nitrogens with one attached hydrogen (secondary N) is 1. The van der Waals surface area contributed by atoms with Crippen molar-refractivity contribution >= 4 is 34.4 Å². The first-order valence-electron chi connectivity index (χ1n) is 6.21. The minimum Gasteiger partial charge on any atom is -0.326 e. The van der Waals surface area contributed by atoms with Crippen molar-refractivity contribution < 1.29 is 14.0 Å². The fourth-order valence-electron chi connectivity index (χ4n) is 2.13. The van der Waals surface area contributed by atoms with Crippen LogP contribution in [0.3, 0.4) is 0 Å². The van der Waals surface area contributed by atoms with E-state index in [9.17, 15) is 14.0 Å². The number of carbonyl (C=O) groups excluding carboxylic acids is 2. The minimum atomic E-state index is -0.408. The molecule has 0 spiro atoms. The predicted octanol–water partition coefficient (Wildman–Crippen LogP) is 1.47. The van der Waals surface area contributed by atoms with Crippen molar-refractivity contribution in [3.8, 4) is 0 Å². The standard InChI is InChI=1S/C13H12FN3O2S/c14-8-1-3-9(4-2-8)16-11(18)7-10-12(19)17-6-5-15-13(17)20-10/h1-4,10H,5-7H2,(H,16,18)/t10-/m0/s1. The molecule has 1 fully saturated rings. The zero-order valence-corrected chi connectivity index (χ0v) is 11.3. The third kappa shape index (κ3) is 2.53. The molecule has 0 aliphatic carbocycles. The summed E-state index contributed by atoms with van der Waals surface area (Å²) in [6, 6.07) is 5.52. The van der Waals surface area contributed by atoms with Crippen LogP contribution in [0, 0.1) is 5.82 Å². The summed E-state index contributed by atoms with van der Waals surface area (Å²) >= 11 is 1.34. The fourth-order valence-corrected chi connectivity index (χ4v) is 3.32. The van der Waals surface area contributed by atoms with E-state index in [1.54, 1.807) is 4.90 Å². The van der Waals surface area contributed by atoms with E-state index in [0.717, 1.165) is 5.17 Å². The Hall–Kier alpha value is -1.89. The lowest BCUT2D eigenvalue weighted by Crippen LogP contribution is -2.32. The summed E-state index contributed by atoms with van der Waals surface area (Å²) in [6.07, 6.45) is 0.0936. The highest BCUT2D eigenvalue weighted by molar-refractivity contribution is 8.15. The Kier molecular flexibility index (Phi) is 3.43. The molecule has 3 rings (SSSR count). The fraction of sp³-hybridized carbons (Fsp3) is 0.308. The average Bonchev–Trinajstić information content (AvgIpc) is 2.97. The van der Waals surface area contributed by atoms with Crippen molar-refractivity contribution in [3.63, 3.8) is 0 Å². The molecule has 7 heteroatoms. The number of nitrogens with zero attached hydrogens (tertiary/aromatic N) is 2. The molecule has 1 aromatic carbocycles. The number of halogens is 1. The SMILES string of the molecule is O=C(C[C@@H]1SC2=NCCN2C1=O)Nc1ccc(F)cc1. The molecule has 2 heterocycles. The first-order chi connectivity index (χ1) is 9.63. The van der Waals surface area contributed by atoms with Gasteiger partial charge in [-0.05, 0) is 24.3 Å². The van der Waals surface area contributed by atoms with Gasteiger partial charge in [0.05, 0.1) is 6.54 Å². The molecular formula is C13H12FN3O2S. The van der Waals surface area contributed by atoms with E-state index in [0.29, 0.717) is 18.8 Å². The van der Waals surface area contributed by atoms with Gasteiger partial charge < -0.3 is 5.32 Å². The molecule has 1 aromatic rings. The Morgan fingerprint density at radius 1 is 1.45 bits per heavy atom. The van der Waals surface area contributed by atoms with Crippen LogP contribution in [-0.4, -0.2) is 40.2 Å². The monoisotopic (exact) mass is 293 g/mol. The van der Waals surface area contributed by atoms with E-state index in [2.05, 4.69) is 10.3 Å². The second-order valence-electron chi connectivity index (χ2n) is 4.52. The van der Waals surface area contributed by atoms with Crippen molar-refractivity contribution in [2.45, 2.75) is 11.7 Å². The largest absolute Gasteiger partial charge is 0.326 e. The van der Waals surface area contributed by atoms with Crippen molar-refractivity contribution in [3.05, 3.63) is 30.1 Å². The molecule has 0 unspecified atom stereocenters. The second kappa shape index (κ2) is 5.24. The van der Waals surface area contributed by atoms with Gasteiger partial charge in [0.1, 0.15) is 11.1 Å². The van der Waals surface area contributed by atoms with Crippen LogP contribution in [0.2, 0.25) is 0 Å². The summed E-state index contributed by atoms with van der Waals surface area (Å²) in [6.45, 7) is 1.25. The van der Waals surface area contributed by atoms with Crippen LogP contribution in [0.5, 0.6) is 0 Å². The highest BCUT2D eigenvalue weighted by Crippen LogP contribution is 2.31. The molecule has 2 amide bonds. The van der Waals surface area contributed by atoms with Crippen molar-refractivity contribution in [2.75, 3.05) is 18.4 Å². The summed E-state index contributed by atoms with van der Waals surface area (Å²) in [7, 11) is 0. The van der Waals surface area contributed by atoms with Crippen LogP contribution in [-0.2, 0) is 9.59 Å². The van der Waals surface area contributed by atoms with E-state index in [4.69, 9.17) is 0 Å². The number of thioether (sulfide) groups is 1. The average molecular weight is 293 g/mol. The number of hydrogen-bond donors (Lipinski definition) is 1. The van der Waals surface area contributed by atoms with E-state index < -0.39 is 5.25 Å². The highest BCUT2D eigenvalue weighted by atomic mass is 32.2. The highest BCUT2D eigenvalue weighted by Gasteiger charge is 2.40. The topological polar surface area (TPSA) is 61.8 Å². The molecule has 104 valence electrons. The van der Waals surface area contributed by atoms with Gasteiger partial charge in [-0.1, -0.05) is 11.8 Å². The van der Waals surface area contributed by atoms with E-state index >= 15 is 0 Å². The van der Waals surface area contributed by atoms with Gasteiger partial charge in [0.25, 0.3) is 0 Å². The maximum atomic E-state index is 12.8. The first-order valence-corrected chi connectivity index (χ1v) is 7.09. The molecule has 20 heavy (non-hydrogen) atoms. The van der Waals surface area contributed by atoms with Crippen LogP contribution >= 0.6 is 11.8 Å². The van der Waals surface area contributed by atoms with Crippen LogP contribution in [0.15, 0.2) is 29.3 Å². The van der Waals surface area contributed by atoms with Gasteiger partial charge >= 0.3 is 0 Å². The molecule has 0 bridgehead atoms. The summed E-state index contributed by atoms with van der Waals surface area (Å²) in [5, 5.41) is 2.96. The number of hydrogen-bond acceptors (Lipinski definition) is 4. The molecule has 1 saturated heterocycles. The van der Waals surface area contributed by atoms with Crippen LogP contribution in [0.4, 0.5) is 10.1 Å². The first kappa shape index (κ1) is 13.1. The summed E-state index contributed by atoms with van der Waals surface area (Å²) < 4.78 is 12.8. The molecule has 0 radical (unpaired) electrons. The quantitative estimate of drug-likeness (QED) is 0.918. The smallest absolute Gasteiger partial charge is 0.242 e. The van der Waals surface area contributed by atoms with Crippen LogP contribution < -0.4 is 5.32 Å². The number of carbonyl (C=O) groups is 2. The van der Waals surface area contributed by atoms with E-state index in [1.807, 2.05) is 0 Å². The Bertz CT molecular complexity index is 588. The van der Waals surface area contributed by atoms with Gasteiger partial charge in [-0.25, -0.2) is 4.39 Å². The summed E-state index contributed by atoms with van der Waals surface area (Å²) in [4.78, 5) is 29.7. The van der Waals surface area contributed by atoms with Gasteiger partial charge in [-0.3, -0.25) is 19.5 Å². The summed E-state index contributed by atoms with van der Waals surface area (Å²) in [5.41, 5.74) is 0.518. The zero-order valence-electron chi connectivity index (χ0n) is 10.5. The Labute approximate surface area is 119 Å². The van der Waals surface area contributed by atoms with Gasteiger partial charge in [0, 0.05) is 18.7 Å². The zero-order chi connectivity index (χ0) is 14.1. The number of fused-ring (bicyclic) bond motifs is 1. The third-order valence-electron chi connectivity index (χ3n) is 3.09. The lowest BCUT2D eigenvalue weighted by atomic mass is 10.2. The van der Waals surface area contributed by atoms with Gasteiger partial charge in [-0.15, -0.1) is 0 Å². The van der Waals surface area contributed by atoms with Gasteiger partial charge in [0.2, 0.25) is 11.8 Å². The van der Waals surface area contributed by atoms with Crippen molar-refractivity contribution in [1.82, 2.24) is 4.90 Å². The predicted molar refractivity (Wildman–Crippen MR) is 75.0 cm³/mol. The number of anilines is 1. The lowest BCUT2D eigenvalue weighted by molar-refractivity contribution is -0.127. The number of amides is 2. The number of aliphatic imine (C=N–C) groups is 1. The molecule has 2 aliphatic rings. The van der Waals surface area contributed by atoms with Gasteiger partial charge in [0.15, 0.2) is 5.17 Å². The Morgan fingerprint density at radius 3 is 2.90 bits per heavy atom. The normalized spacial score (nSPS) is 20.9. The van der Waals surface area contributed by atoms with E-state index in [-0.39, 0.29) is 24.1 Å². The lowest BCUT2D eigenvalue weighted by Gasteiger charge is -2.10.